The van der Waals surface area contributed by atoms with Gasteiger partial charge in [0.25, 0.3) is 0 Å². The van der Waals surface area contributed by atoms with E-state index in [0.29, 0.717) is 31.3 Å². The number of rotatable bonds is 8. The molecule has 1 aromatic heterocycles. The Morgan fingerprint density at radius 2 is 2.14 bits per heavy atom. The highest BCUT2D eigenvalue weighted by Gasteiger charge is 2.36. The lowest BCUT2D eigenvalue weighted by Crippen LogP contribution is -2.30. The maximum absolute atomic E-state index is 11.2. The second-order valence-electron chi connectivity index (χ2n) is 5.96. The van der Waals surface area contributed by atoms with Crippen molar-refractivity contribution in [2.45, 2.75) is 64.9 Å². The zero-order chi connectivity index (χ0) is 15.1. The summed E-state index contributed by atoms with van der Waals surface area (Å²) in [6.07, 6.45) is 6.86. The van der Waals surface area contributed by atoms with E-state index in [2.05, 4.69) is 10.1 Å². The van der Waals surface area contributed by atoms with Crippen LogP contribution in [0.1, 0.15) is 63.6 Å². The lowest BCUT2D eigenvalue weighted by atomic mass is 9.69. The van der Waals surface area contributed by atoms with Crippen molar-refractivity contribution in [2.24, 2.45) is 5.41 Å². The van der Waals surface area contributed by atoms with Gasteiger partial charge in [-0.1, -0.05) is 31.3 Å². The monoisotopic (exact) mass is 296 g/mol. The molecule has 118 valence electrons. The van der Waals surface area contributed by atoms with E-state index in [4.69, 9.17) is 9.26 Å². The predicted molar refractivity (Wildman–Crippen MR) is 75.7 cm³/mol. The fourth-order valence-corrected chi connectivity index (χ4v) is 3.09. The summed E-state index contributed by atoms with van der Waals surface area (Å²) in [5.74, 6) is 0.330. The maximum atomic E-state index is 11.2. The minimum absolute atomic E-state index is 0.178. The van der Waals surface area contributed by atoms with Gasteiger partial charge in [-0.05, 0) is 24.7 Å². The molecule has 0 spiro atoms. The van der Waals surface area contributed by atoms with Crippen molar-refractivity contribution in [3.8, 4) is 0 Å². The molecule has 0 amide bonds. The first kappa shape index (κ1) is 15.9. The molecule has 1 fully saturated rings. The second kappa shape index (κ2) is 7.54. The summed E-state index contributed by atoms with van der Waals surface area (Å²) in [7, 11) is 0. The van der Waals surface area contributed by atoms with Crippen molar-refractivity contribution in [1.82, 2.24) is 10.1 Å². The van der Waals surface area contributed by atoms with Crippen molar-refractivity contribution in [1.29, 1.82) is 0 Å². The van der Waals surface area contributed by atoms with Crippen LogP contribution >= 0.6 is 0 Å². The van der Waals surface area contributed by atoms with Gasteiger partial charge in [0.05, 0.1) is 6.42 Å². The molecule has 1 N–H and O–H groups in total. The average Bonchev–Trinajstić information content (AvgIpc) is 2.86. The number of carboxylic acid groups (broad SMARTS) is 1. The lowest BCUT2D eigenvalue weighted by Gasteiger charge is -2.34. The molecule has 21 heavy (non-hydrogen) atoms. The maximum Gasteiger partial charge on any atom is 0.303 e. The summed E-state index contributed by atoms with van der Waals surface area (Å²) in [6.45, 7) is 3.07. The summed E-state index contributed by atoms with van der Waals surface area (Å²) in [5, 5.41) is 13.1. The topological polar surface area (TPSA) is 85.5 Å². The third-order valence-corrected chi connectivity index (χ3v) is 4.06. The average molecular weight is 296 g/mol. The Labute approximate surface area is 124 Å². The molecule has 0 bridgehead atoms. The van der Waals surface area contributed by atoms with E-state index < -0.39 is 5.97 Å². The predicted octanol–water partition coefficient (Wildman–Crippen LogP) is 2.96. The van der Waals surface area contributed by atoms with Gasteiger partial charge in [-0.15, -0.1) is 0 Å². The Bertz CT molecular complexity index is 452. The minimum atomic E-state index is -0.747. The van der Waals surface area contributed by atoms with Crippen LogP contribution in [0.3, 0.4) is 0 Å². The van der Waals surface area contributed by atoms with E-state index in [1.807, 2.05) is 6.92 Å². The van der Waals surface area contributed by atoms with E-state index in [9.17, 15) is 9.90 Å². The van der Waals surface area contributed by atoms with Crippen LogP contribution in [0.2, 0.25) is 0 Å². The molecule has 0 aliphatic heterocycles. The third-order valence-electron chi connectivity index (χ3n) is 4.06. The first-order valence-electron chi connectivity index (χ1n) is 7.74. The number of aliphatic carboxylic acids is 1. The third kappa shape index (κ3) is 4.81. The molecule has 2 rings (SSSR count). The Kier molecular flexibility index (Phi) is 5.73. The van der Waals surface area contributed by atoms with Crippen LogP contribution in [0.5, 0.6) is 0 Å². The molecule has 0 atom stereocenters. The number of hydrogen-bond acceptors (Lipinski definition) is 5. The summed E-state index contributed by atoms with van der Waals surface area (Å²) in [6, 6.07) is 0. The van der Waals surface area contributed by atoms with Gasteiger partial charge in [-0.3, -0.25) is 4.79 Å². The number of hydrogen-bond donors (Lipinski definition) is 1. The summed E-state index contributed by atoms with van der Waals surface area (Å²) >= 11 is 0. The molecule has 0 unspecified atom stereocenters. The van der Waals surface area contributed by atoms with Crippen LogP contribution in [0, 0.1) is 5.41 Å². The van der Waals surface area contributed by atoms with Crippen molar-refractivity contribution >= 4 is 5.97 Å². The molecular formula is C15H24N2O4. The highest BCUT2D eigenvalue weighted by atomic mass is 16.5. The van der Waals surface area contributed by atoms with Crippen LogP contribution in [0.25, 0.3) is 0 Å². The number of ether oxygens (including phenoxy) is 1. The second-order valence-corrected chi connectivity index (χ2v) is 5.96. The molecule has 0 radical (unpaired) electrons. The van der Waals surface area contributed by atoms with Gasteiger partial charge < -0.3 is 14.4 Å². The van der Waals surface area contributed by atoms with Gasteiger partial charge in [-0.2, -0.15) is 4.98 Å². The van der Waals surface area contributed by atoms with E-state index >= 15 is 0 Å². The quantitative estimate of drug-likeness (QED) is 0.742. The summed E-state index contributed by atoms with van der Waals surface area (Å²) in [4.78, 5) is 15.5. The van der Waals surface area contributed by atoms with E-state index in [-0.39, 0.29) is 11.8 Å². The lowest BCUT2D eigenvalue weighted by molar-refractivity contribution is -0.140. The zero-order valence-electron chi connectivity index (χ0n) is 12.6. The van der Waals surface area contributed by atoms with Gasteiger partial charge in [-0.25, -0.2) is 0 Å². The zero-order valence-corrected chi connectivity index (χ0v) is 12.6. The number of aromatic nitrogens is 2. The van der Waals surface area contributed by atoms with Crippen molar-refractivity contribution in [3.63, 3.8) is 0 Å². The molecule has 1 aromatic rings. The Balaban J connectivity index is 1.98. The number of carboxylic acids is 1. The molecule has 0 saturated heterocycles. The van der Waals surface area contributed by atoms with Crippen molar-refractivity contribution in [2.75, 3.05) is 6.61 Å². The van der Waals surface area contributed by atoms with Gasteiger partial charge in [0, 0.05) is 13.0 Å². The first-order chi connectivity index (χ1) is 10.1. The molecule has 6 heteroatoms. The smallest absolute Gasteiger partial charge is 0.303 e. The van der Waals surface area contributed by atoms with E-state index in [1.54, 1.807) is 0 Å². The van der Waals surface area contributed by atoms with Gasteiger partial charge in [0.2, 0.25) is 5.89 Å². The molecular weight excluding hydrogens is 272 g/mol. The molecule has 1 saturated carbocycles. The number of nitrogens with zero attached hydrogens (tertiary/aromatic N) is 2. The van der Waals surface area contributed by atoms with Crippen LogP contribution in [-0.4, -0.2) is 27.8 Å². The van der Waals surface area contributed by atoms with Crippen LogP contribution in [-0.2, 0) is 22.6 Å². The van der Waals surface area contributed by atoms with Gasteiger partial charge in [0.1, 0.15) is 6.61 Å². The Hall–Kier alpha value is -1.43. The van der Waals surface area contributed by atoms with E-state index in [1.165, 1.54) is 6.42 Å². The van der Waals surface area contributed by atoms with Crippen LogP contribution in [0.15, 0.2) is 4.52 Å². The number of carbonyl (C=O) groups is 1. The molecule has 6 nitrogen and oxygen atoms in total. The van der Waals surface area contributed by atoms with Gasteiger partial charge in [0.15, 0.2) is 5.82 Å². The minimum Gasteiger partial charge on any atom is -0.481 e. The van der Waals surface area contributed by atoms with Crippen molar-refractivity contribution < 1.29 is 19.2 Å². The first-order valence-corrected chi connectivity index (χ1v) is 7.74. The fraction of sp³-hybridized carbons (Fsp3) is 0.800. The van der Waals surface area contributed by atoms with Gasteiger partial charge >= 0.3 is 5.97 Å². The van der Waals surface area contributed by atoms with Crippen LogP contribution < -0.4 is 0 Å². The highest BCUT2D eigenvalue weighted by molar-refractivity contribution is 5.67. The largest absolute Gasteiger partial charge is 0.481 e. The molecule has 1 heterocycles. The normalized spacial score (nSPS) is 17.8. The van der Waals surface area contributed by atoms with Crippen molar-refractivity contribution in [3.05, 3.63) is 11.7 Å². The standard InChI is InChI=1S/C15H24N2O4/c1-2-8-20-11-12-16-13(21-17-12)9-15(10-14(18)19)6-4-3-5-7-15/h2-11H2,1H3,(H,18,19). The Morgan fingerprint density at radius 1 is 1.38 bits per heavy atom. The fourth-order valence-electron chi connectivity index (χ4n) is 3.09. The van der Waals surface area contributed by atoms with E-state index in [0.717, 1.165) is 32.1 Å². The summed E-state index contributed by atoms with van der Waals surface area (Å²) < 4.78 is 10.7. The van der Waals surface area contributed by atoms with Crippen LogP contribution in [0.4, 0.5) is 0 Å². The molecule has 1 aliphatic rings. The molecule has 0 aromatic carbocycles. The molecule has 1 aliphatic carbocycles. The highest BCUT2D eigenvalue weighted by Crippen LogP contribution is 2.41. The SMILES string of the molecule is CCCOCc1noc(CC2(CC(=O)O)CCCCC2)n1. The summed E-state index contributed by atoms with van der Waals surface area (Å²) in [5.41, 5.74) is -0.224. The Morgan fingerprint density at radius 3 is 2.81 bits per heavy atom.